The van der Waals surface area contributed by atoms with Gasteiger partial charge in [0.05, 0.1) is 23.2 Å². The molecule has 0 bridgehead atoms. The molecule has 2 rings (SSSR count). The first-order chi connectivity index (χ1) is 14.0. The summed E-state index contributed by atoms with van der Waals surface area (Å²) in [7, 11) is -3.97. The van der Waals surface area contributed by atoms with Crippen LogP contribution in [0.15, 0.2) is 48.5 Å². The zero-order chi connectivity index (χ0) is 22.5. The fourth-order valence-electron chi connectivity index (χ4n) is 2.83. The first-order valence-electron chi connectivity index (χ1n) is 9.44. The molecule has 7 nitrogen and oxygen atoms in total. The predicted octanol–water partition coefficient (Wildman–Crippen LogP) is 3.00. The lowest BCUT2D eigenvalue weighted by molar-refractivity contribution is -0.116. The molecule has 0 saturated heterocycles. The minimum atomic E-state index is -3.97. The number of anilines is 2. The molecule has 0 spiro atoms. The molecule has 0 aromatic heterocycles. The van der Waals surface area contributed by atoms with Crippen molar-refractivity contribution in [2.75, 3.05) is 22.4 Å². The van der Waals surface area contributed by atoms with E-state index in [-0.39, 0.29) is 28.8 Å². The van der Waals surface area contributed by atoms with Crippen molar-refractivity contribution in [3.63, 3.8) is 0 Å². The van der Waals surface area contributed by atoms with Crippen molar-refractivity contribution in [1.82, 2.24) is 5.32 Å². The largest absolute Gasteiger partial charge is 0.352 e. The average Bonchev–Trinajstić information content (AvgIpc) is 2.67. The molecule has 2 aromatic rings. The number of rotatable bonds is 8. The molecule has 2 N–H and O–H groups in total. The third-order valence-corrected chi connectivity index (χ3v) is 5.51. The Morgan fingerprint density at radius 1 is 1.03 bits per heavy atom. The lowest BCUT2D eigenvalue weighted by Crippen LogP contribution is -2.46. The molecule has 0 aliphatic carbocycles. The lowest BCUT2D eigenvalue weighted by Gasteiger charge is -2.28. The highest BCUT2D eigenvalue weighted by molar-refractivity contribution is 7.92. The van der Waals surface area contributed by atoms with E-state index in [1.165, 1.54) is 25.1 Å². The number of halogens is 1. The summed E-state index contributed by atoms with van der Waals surface area (Å²) < 4.78 is 39.6. The van der Waals surface area contributed by atoms with E-state index in [0.717, 1.165) is 16.6 Å². The summed E-state index contributed by atoms with van der Waals surface area (Å²) in [6.07, 6.45) is 0.899. The summed E-state index contributed by atoms with van der Waals surface area (Å²) in [6.45, 7) is 5.73. The van der Waals surface area contributed by atoms with Crippen molar-refractivity contribution in [3.8, 4) is 0 Å². The molecule has 9 heteroatoms. The van der Waals surface area contributed by atoms with E-state index >= 15 is 0 Å². The van der Waals surface area contributed by atoms with Crippen LogP contribution in [0.3, 0.4) is 0 Å². The van der Waals surface area contributed by atoms with E-state index in [9.17, 15) is 22.4 Å². The number of sulfonamides is 1. The number of carbonyl (C=O) groups excluding carboxylic acids is 2. The molecule has 0 aliphatic heterocycles. The predicted molar refractivity (Wildman–Crippen MR) is 115 cm³/mol. The fourth-order valence-corrected chi connectivity index (χ4v) is 4.01. The molecular formula is C21H26FN3O4S. The van der Waals surface area contributed by atoms with Crippen LogP contribution in [0.1, 0.15) is 31.1 Å². The van der Waals surface area contributed by atoms with E-state index < -0.39 is 27.8 Å². The summed E-state index contributed by atoms with van der Waals surface area (Å²) >= 11 is 0. The van der Waals surface area contributed by atoms with Gasteiger partial charge < -0.3 is 10.6 Å². The van der Waals surface area contributed by atoms with Crippen LogP contribution in [0.4, 0.5) is 15.8 Å². The second-order valence-corrected chi connectivity index (χ2v) is 9.18. The molecular weight excluding hydrogens is 409 g/mol. The zero-order valence-electron chi connectivity index (χ0n) is 17.3. The first kappa shape index (κ1) is 23.3. The Kier molecular flexibility index (Phi) is 7.55. The van der Waals surface area contributed by atoms with Crippen LogP contribution in [0.2, 0.25) is 0 Å². The van der Waals surface area contributed by atoms with Gasteiger partial charge in [0, 0.05) is 6.54 Å². The van der Waals surface area contributed by atoms with Crippen LogP contribution in [-0.4, -0.2) is 39.1 Å². The van der Waals surface area contributed by atoms with Gasteiger partial charge in [-0.25, -0.2) is 12.8 Å². The molecule has 30 heavy (non-hydrogen) atoms. The molecule has 0 heterocycles. The van der Waals surface area contributed by atoms with Crippen molar-refractivity contribution in [1.29, 1.82) is 0 Å². The van der Waals surface area contributed by atoms with Gasteiger partial charge in [-0.05, 0) is 37.1 Å². The zero-order valence-corrected chi connectivity index (χ0v) is 18.2. The minimum Gasteiger partial charge on any atom is -0.352 e. The maximum absolute atomic E-state index is 14.2. The Balaban J connectivity index is 2.31. The number of amides is 2. The van der Waals surface area contributed by atoms with Gasteiger partial charge in [-0.3, -0.25) is 13.9 Å². The van der Waals surface area contributed by atoms with Crippen LogP contribution in [0, 0.1) is 11.7 Å². The summed E-state index contributed by atoms with van der Waals surface area (Å²) in [4.78, 5) is 25.3. The number of hydrogen-bond acceptors (Lipinski definition) is 4. The van der Waals surface area contributed by atoms with Crippen LogP contribution >= 0.6 is 0 Å². The highest BCUT2D eigenvalue weighted by Crippen LogP contribution is 2.25. The third-order valence-electron chi connectivity index (χ3n) is 4.28. The Morgan fingerprint density at radius 2 is 1.63 bits per heavy atom. The first-order valence-corrected chi connectivity index (χ1v) is 11.3. The normalized spacial score (nSPS) is 12.3. The second kappa shape index (κ2) is 9.71. The molecule has 0 fully saturated rings. The van der Waals surface area contributed by atoms with Gasteiger partial charge in [-0.2, -0.15) is 0 Å². The number of carbonyl (C=O) groups is 2. The topological polar surface area (TPSA) is 95.6 Å². The molecule has 1 unspecified atom stereocenters. The van der Waals surface area contributed by atoms with Crippen LogP contribution in [-0.2, 0) is 14.8 Å². The van der Waals surface area contributed by atoms with Crippen LogP contribution < -0.4 is 14.9 Å². The number of nitrogens with zero attached hydrogens (tertiary/aromatic N) is 1. The molecule has 162 valence electrons. The lowest BCUT2D eigenvalue weighted by atomic mass is 10.1. The van der Waals surface area contributed by atoms with E-state index in [4.69, 9.17) is 0 Å². The maximum Gasteiger partial charge on any atom is 0.253 e. The molecule has 0 saturated carbocycles. The van der Waals surface area contributed by atoms with Crippen molar-refractivity contribution in [3.05, 3.63) is 59.9 Å². The SMILES string of the molecule is CC(C)CNC(=O)c1ccccc1NC(=O)C(C)N(c1ccccc1F)S(C)(=O)=O. The van der Waals surface area contributed by atoms with Gasteiger partial charge in [0.2, 0.25) is 15.9 Å². The quantitative estimate of drug-likeness (QED) is 0.666. The second-order valence-electron chi connectivity index (χ2n) is 7.32. The molecule has 2 amide bonds. The standard InChI is InChI=1S/C21H26FN3O4S/c1-14(2)13-23-21(27)16-9-5-7-11-18(16)24-20(26)15(3)25(30(4,28)29)19-12-8-6-10-17(19)22/h5-12,14-15H,13H2,1-4H3,(H,23,27)(H,24,26). The van der Waals surface area contributed by atoms with Crippen LogP contribution in [0.5, 0.6) is 0 Å². The molecule has 1 atom stereocenters. The molecule has 0 radical (unpaired) electrons. The van der Waals surface area contributed by atoms with E-state index in [0.29, 0.717) is 6.54 Å². The van der Waals surface area contributed by atoms with E-state index in [2.05, 4.69) is 10.6 Å². The van der Waals surface area contributed by atoms with Gasteiger partial charge in [0.15, 0.2) is 0 Å². The van der Waals surface area contributed by atoms with Gasteiger partial charge >= 0.3 is 0 Å². The number of nitrogens with one attached hydrogen (secondary N) is 2. The smallest absolute Gasteiger partial charge is 0.253 e. The minimum absolute atomic E-state index is 0.231. The van der Waals surface area contributed by atoms with E-state index in [1.54, 1.807) is 24.3 Å². The fraction of sp³-hybridized carbons (Fsp3) is 0.333. The Labute approximate surface area is 176 Å². The molecule has 2 aromatic carbocycles. The van der Waals surface area contributed by atoms with Crippen molar-refractivity contribution >= 4 is 33.2 Å². The van der Waals surface area contributed by atoms with Gasteiger partial charge in [0.1, 0.15) is 11.9 Å². The van der Waals surface area contributed by atoms with Gasteiger partial charge in [-0.1, -0.05) is 38.1 Å². The highest BCUT2D eigenvalue weighted by Gasteiger charge is 2.31. The number of hydrogen-bond donors (Lipinski definition) is 2. The number of para-hydroxylation sites is 2. The average molecular weight is 436 g/mol. The molecule has 0 aliphatic rings. The summed E-state index contributed by atoms with van der Waals surface area (Å²) in [5.41, 5.74) is 0.249. The highest BCUT2D eigenvalue weighted by atomic mass is 32.2. The van der Waals surface area contributed by atoms with E-state index in [1.807, 2.05) is 13.8 Å². The Morgan fingerprint density at radius 3 is 2.23 bits per heavy atom. The summed E-state index contributed by atoms with van der Waals surface area (Å²) in [5.74, 6) is -1.58. The monoisotopic (exact) mass is 435 g/mol. The van der Waals surface area contributed by atoms with Gasteiger partial charge in [0.25, 0.3) is 5.91 Å². The Bertz CT molecular complexity index is 1020. The van der Waals surface area contributed by atoms with Crippen molar-refractivity contribution in [2.45, 2.75) is 26.8 Å². The maximum atomic E-state index is 14.2. The van der Waals surface area contributed by atoms with Crippen LogP contribution in [0.25, 0.3) is 0 Å². The third kappa shape index (κ3) is 5.79. The number of benzene rings is 2. The Hall–Kier alpha value is -2.94. The summed E-state index contributed by atoms with van der Waals surface area (Å²) in [5, 5.41) is 5.37. The van der Waals surface area contributed by atoms with Crippen molar-refractivity contribution < 1.29 is 22.4 Å². The van der Waals surface area contributed by atoms with Gasteiger partial charge in [-0.15, -0.1) is 0 Å². The summed E-state index contributed by atoms with van der Waals surface area (Å²) in [6, 6.07) is 10.5. The van der Waals surface area contributed by atoms with Crippen molar-refractivity contribution in [2.24, 2.45) is 5.92 Å².